The normalized spacial score (nSPS) is 21.3. The first kappa shape index (κ1) is 14.3. The summed E-state index contributed by atoms with van der Waals surface area (Å²) >= 11 is 0. The zero-order chi connectivity index (χ0) is 14.7. The summed E-state index contributed by atoms with van der Waals surface area (Å²) in [5.74, 6) is 0. The van der Waals surface area contributed by atoms with E-state index in [0.29, 0.717) is 6.04 Å². The molecule has 3 rings (SSSR count). The van der Waals surface area contributed by atoms with Gasteiger partial charge in [-0.05, 0) is 49.9 Å². The average Bonchev–Trinajstić information content (AvgIpc) is 2.47. The minimum absolute atomic E-state index is 0.247. The van der Waals surface area contributed by atoms with Gasteiger partial charge < -0.3 is 11.1 Å². The Morgan fingerprint density at radius 3 is 3.14 bits per heavy atom. The molecule has 1 aliphatic rings. The molecule has 2 atom stereocenters. The lowest BCUT2D eigenvalue weighted by Gasteiger charge is -2.34. The number of nitrogens with zero attached hydrogens (tertiary/aromatic N) is 2. The minimum atomic E-state index is 0.247. The van der Waals surface area contributed by atoms with Crippen molar-refractivity contribution in [3.63, 3.8) is 0 Å². The van der Waals surface area contributed by atoms with E-state index in [4.69, 9.17) is 5.73 Å². The smallest absolute Gasteiger partial charge is 0.0388 e. The van der Waals surface area contributed by atoms with Gasteiger partial charge in [-0.25, -0.2) is 0 Å². The summed E-state index contributed by atoms with van der Waals surface area (Å²) in [6.45, 7) is 5.31. The monoisotopic (exact) mass is 284 g/mol. The third kappa shape index (κ3) is 3.71. The molecule has 2 aromatic rings. The molecule has 1 aliphatic heterocycles. The van der Waals surface area contributed by atoms with Crippen molar-refractivity contribution in [1.82, 2.24) is 9.88 Å². The van der Waals surface area contributed by atoms with E-state index < -0.39 is 0 Å². The predicted octanol–water partition coefficient (Wildman–Crippen LogP) is 2.46. The quantitative estimate of drug-likeness (QED) is 0.905. The molecule has 4 heteroatoms. The molecule has 0 unspecified atom stereocenters. The summed E-state index contributed by atoms with van der Waals surface area (Å²) in [4.78, 5) is 6.63. The molecule has 1 fully saturated rings. The van der Waals surface area contributed by atoms with Crippen molar-refractivity contribution in [2.45, 2.75) is 31.8 Å². The van der Waals surface area contributed by atoms with Gasteiger partial charge in [0.25, 0.3) is 0 Å². The number of rotatable bonds is 4. The first-order valence-corrected chi connectivity index (χ1v) is 7.79. The lowest BCUT2D eigenvalue weighted by Crippen LogP contribution is -2.46. The molecule has 0 spiro atoms. The molecule has 1 saturated heterocycles. The molecule has 0 saturated carbocycles. The summed E-state index contributed by atoms with van der Waals surface area (Å²) in [5.41, 5.74) is 7.11. The van der Waals surface area contributed by atoms with Crippen LogP contribution < -0.4 is 11.1 Å². The number of anilines is 1. The van der Waals surface area contributed by atoms with Gasteiger partial charge in [-0.2, -0.15) is 0 Å². The van der Waals surface area contributed by atoms with E-state index in [1.807, 2.05) is 12.4 Å². The topological polar surface area (TPSA) is 54.2 Å². The average molecular weight is 284 g/mol. The molecule has 0 radical (unpaired) electrons. The number of likely N-dealkylation sites (tertiary alicyclic amines) is 1. The number of nitrogens with two attached hydrogens (primary N) is 1. The highest BCUT2D eigenvalue weighted by molar-refractivity contribution is 5.84. The van der Waals surface area contributed by atoms with Crippen LogP contribution in [0.3, 0.4) is 0 Å². The molecule has 0 bridgehead atoms. The van der Waals surface area contributed by atoms with E-state index in [1.165, 1.54) is 35.8 Å². The molecule has 0 aliphatic carbocycles. The van der Waals surface area contributed by atoms with Crippen LogP contribution in [0.1, 0.15) is 19.8 Å². The van der Waals surface area contributed by atoms with Gasteiger partial charge in [-0.1, -0.05) is 6.07 Å². The fraction of sp³-hybridized carbons (Fsp3) is 0.471. The van der Waals surface area contributed by atoms with Crippen molar-refractivity contribution in [3.05, 3.63) is 36.7 Å². The lowest BCUT2D eigenvalue weighted by atomic mass is 10.0. The van der Waals surface area contributed by atoms with Crippen LogP contribution >= 0.6 is 0 Å². The fourth-order valence-electron chi connectivity index (χ4n) is 3.16. The first-order valence-electron chi connectivity index (χ1n) is 7.79. The number of hydrogen-bond donors (Lipinski definition) is 2. The molecule has 2 heterocycles. The zero-order valence-corrected chi connectivity index (χ0v) is 12.6. The molecule has 1 aromatic heterocycles. The second-order valence-electron chi connectivity index (χ2n) is 6.16. The number of fused-ring (bicyclic) bond motifs is 1. The van der Waals surface area contributed by atoms with Crippen LogP contribution in [0.5, 0.6) is 0 Å². The third-order valence-electron chi connectivity index (χ3n) is 4.06. The van der Waals surface area contributed by atoms with Crippen LogP contribution in [-0.4, -0.2) is 41.6 Å². The van der Waals surface area contributed by atoms with Crippen LogP contribution in [-0.2, 0) is 0 Å². The Hall–Kier alpha value is -1.65. The van der Waals surface area contributed by atoms with Crippen molar-refractivity contribution in [1.29, 1.82) is 0 Å². The van der Waals surface area contributed by atoms with E-state index in [9.17, 15) is 0 Å². The highest BCUT2D eigenvalue weighted by Gasteiger charge is 2.20. The highest BCUT2D eigenvalue weighted by atomic mass is 15.2. The molecule has 4 nitrogen and oxygen atoms in total. The second kappa shape index (κ2) is 6.41. The molecular weight excluding hydrogens is 260 g/mol. The van der Waals surface area contributed by atoms with Gasteiger partial charge in [-0.3, -0.25) is 9.88 Å². The standard InChI is InChI=1S/C17H24N4/c1-13(18)11-21-8-2-3-17(12-21)20-16-5-4-15-10-19-7-6-14(15)9-16/h4-7,9-10,13,17,20H,2-3,8,11-12,18H2,1H3/t13-,17+/m1/s1. The van der Waals surface area contributed by atoms with Crippen LogP contribution in [0.2, 0.25) is 0 Å². The summed E-state index contributed by atoms with van der Waals surface area (Å²) in [6.07, 6.45) is 6.22. The zero-order valence-electron chi connectivity index (χ0n) is 12.6. The van der Waals surface area contributed by atoms with Crippen molar-refractivity contribution in [3.8, 4) is 0 Å². The van der Waals surface area contributed by atoms with Gasteiger partial charge in [0.05, 0.1) is 0 Å². The van der Waals surface area contributed by atoms with Crippen molar-refractivity contribution < 1.29 is 0 Å². The summed E-state index contributed by atoms with van der Waals surface area (Å²) < 4.78 is 0. The van der Waals surface area contributed by atoms with E-state index in [-0.39, 0.29) is 6.04 Å². The highest BCUT2D eigenvalue weighted by Crippen LogP contribution is 2.21. The predicted molar refractivity (Wildman–Crippen MR) is 88.5 cm³/mol. The van der Waals surface area contributed by atoms with Gasteiger partial charge in [0.1, 0.15) is 0 Å². The second-order valence-corrected chi connectivity index (χ2v) is 6.16. The molecule has 112 valence electrons. The Labute approximate surface area is 126 Å². The van der Waals surface area contributed by atoms with Crippen molar-refractivity contribution in [2.75, 3.05) is 25.0 Å². The van der Waals surface area contributed by atoms with E-state index in [2.05, 4.69) is 46.4 Å². The fourth-order valence-corrected chi connectivity index (χ4v) is 3.16. The molecule has 1 aromatic carbocycles. The van der Waals surface area contributed by atoms with E-state index >= 15 is 0 Å². The Morgan fingerprint density at radius 2 is 2.29 bits per heavy atom. The Bertz CT molecular complexity index is 596. The van der Waals surface area contributed by atoms with Gasteiger partial charge in [0, 0.05) is 48.6 Å². The Kier molecular flexibility index (Phi) is 4.36. The van der Waals surface area contributed by atoms with Crippen LogP contribution in [0.15, 0.2) is 36.7 Å². The maximum Gasteiger partial charge on any atom is 0.0388 e. The van der Waals surface area contributed by atoms with E-state index in [0.717, 1.165) is 13.1 Å². The van der Waals surface area contributed by atoms with Crippen LogP contribution in [0.25, 0.3) is 10.8 Å². The first-order chi connectivity index (χ1) is 10.2. The molecule has 21 heavy (non-hydrogen) atoms. The maximum atomic E-state index is 5.92. The molecule has 0 amide bonds. The summed E-state index contributed by atoms with van der Waals surface area (Å²) in [6, 6.07) is 9.31. The van der Waals surface area contributed by atoms with Crippen molar-refractivity contribution >= 4 is 16.5 Å². The number of piperidine rings is 1. The number of nitrogens with one attached hydrogen (secondary N) is 1. The third-order valence-corrected chi connectivity index (χ3v) is 4.06. The van der Waals surface area contributed by atoms with Gasteiger partial charge in [0.2, 0.25) is 0 Å². The minimum Gasteiger partial charge on any atom is -0.381 e. The van der Waals surface area contributed by atoms with Gasteiger partial charge in [0.15, 0.2) is 0 Å². The van der Waals surface area contributed by atoms with Gasteiger partial charge in [-0.15, -0.1) is 0 Å². The largest absolute Gasteiger partial charge is 0.381 e. The number of benzene rings is 1. The number of aromatic nitrogens is 1. The number of pyridine rings is 1. The Morgan fingerprint density at radius 1 is 1.38 bits per heavy atom. The SMILES string of the molecule is C[C@@H](N)CN1CCC[C@H](Nc2ccc3cnccc3c2)C1. The van der Waals surface area contributed by atoms with Crippen LogP contribution in [0, 0.1) is 0 Å². The Balaban J connectivity index is 1.66. The van der Waals surface area contributed by atoms with Crippen molar-refractivity contribution in [2.24, 2.45) is 5.73 Å². The molecule has 3 N–H and O–H groups in total. The lowest BCUT2D eigenvalue weighted by molar-refractivity contribution is 0.208. The van der Waals surface area contributed by atoms with Gasteiger partial charge >= 0.3 is 0 Å². The number of hydrogen-bond acceptors (Lipinski definition) is 4. The van der Waals surface area contributed by atoms with Crippen LogP contribution in [0.4, 0.5) is 5.69 Å². The summed E-state index contributed by atoms with van der Waals surface area (Å²) in [5, 5.41) is 6.09. The summed E-state index contributed by atoms with van der Waals surface area (Å²) in [7, 11) is 0. The molecular formula is C17H24N4. The maximum absolute atomic E-state index is 5.92. The van der Waals surface area contributed by atoms with E-state index in [1.54, 1.807) is 0 Å².